The van der Waals surface area contributed by atoms with Gasteiger partial charge in [-0.3, -0.25) is 9.69 Å². The van der Waals surface area contributed by atoms with Gasteiger partial charge in [-0.1, -0.05) is 24.9 Å². The summed E-state index contributed by atoms with van der Waals surface area (Å²) in [5.41, 5.74) is 1.59. The number of aryl methyl sites for hydroxylation is 1. The summed E-state index contributed by atoms with van der Waals surface area (Å²) >= 11 is 6.03. The fourth-order valence-corrected chi connectivity index (χ4v) is 3.00. The van der Waals surface area contributed by atoms with Crippen LogP contribution in [-0.4, -0.2) is 59.6 Å². The van der Waals surface area contributed by atoms with E-state index in [1.165, 1.54) is 0 Å². The van der Waals surface area contributed by atoms with Crippen LogP contribution < -0.4 is 0 Å². The number of hydrogen-bond donors (Lipinski definition) is 1. The molecule has 1 aromatic rings. The van der Waals surface area contributed by atoms with Crippen molar-refractivity contribution in [2.75, 3.05) is 26.7 Å². The van der Waals surface area contributed by atoms with Crippen molar-refractivity contribution in [1.82, 2.24) is 9.80 Å². The molecule has 1 atom stereocenters. The lowest BCUT2D eigenvalue weighted by Crippen LogP contribution is -2.55. The van der Waals surface area contributed by atoms with Crippen LogP contribution in [-0.2, 0) is 0 Å². The molecule has 4 nitrogen and oxygen atoms in total. The van der Waals surface area contributed by atoms with E-state index in [0.29, 0.717) is 23.7 Å². The largest absolute Gasteiger partial charge is 0.390 e. The van der Waals surface area contributed by atoms with Crippen molar-refractivity contribution in [3.63, 3.8) is 0 Å². The molecule has 1 saturated heterocycles. The van der Waals surface area contributed by atoms with Crippen molar-refractivity contribution < 1.29 is 9.90 Å². The number of β-amino-alcohol motifs (C(OH)–C–C–N with tert-alkyl or cyclic N) is 1. The van der Waals surface area contributed by atoms with Crippen molar-refractivity contribution in [2.24, 2.45) is 0 Å². The first kappa shape index (κ1) is 17.3. The molecular weight excluding hydrogens is 300 g/mol. The molecule has 0 saturated carbocycles. The molecule has 1 aliphatic heterocycles. The molecule has 0 radical (unpaired) electrons. The number of halogens is 1. The van der Waals surface area contributed by atoms with E-state index in [1.807, 2.05) is 24.9 Å². The summed E-state index contributed by atoms with van der Waals surface area (Å²) in [6, 6.07) is 5.57. The number of likely N-dealkylation sites (N-methyl/N-ethyl adjacent to an activating group) is 1. The normalized spacial score (nSPS) is 17.1. The van der Waals surface area contributed by atoms with Crippen molar-refractivity contribution in [2.45, 2.75) is 38.8 Å². The van der Waals surface area contributed by atoms with Crippen molar-refractivity contribution >= 4 is 17.5 Å². The fourth-order valence-electron chi connectivity index (χ4n) is 2.88. The van der Waals surface area contributed by atoms with Gasteiger partial charge in [-0.15, -0.1) is 0 Å². The first-order chi connectivity index (χ1) is 10.4. The Morgan fingerprint density at radius 2 is 2.18 bits per heavy atom. The quantitative estimate of drug-likeness (QED) is 0.874. The number of carbonyl (C=O) groups is 1. The number of amides is 1. The van der Waals surface area contributed by atoms with Crippen LogP contribution in [0.2, 0.25) is 5.02 Å². The van der Waals surface area contributed by atoms with E-state index in [0.717, 1.165) is 24.9 Å². The number of hydrogen-bond acceptors (Lipinski definition) is 3. The van der Waals surface area contributed by atoms with Crippen LogP contribution in [0.4, 0.5) is 0 Å². The van der Waals surface area contributed by atoms with E-state index in [4.69, 9.17) is 11.6 Å². The number of aliphatic hydroxyl groups is 1. The lowest BCUT2D eigenvalue weighted by Gasteiger charge is -2.40. The summed E-state index contributed by atoms with van der Waals surface area (Å²) in [7, 11) is 1.86. The Morgan fingerprint density at radius 3 is 2.73 bits per heavy atom. The van der Waals surface area contributed by atoms with Crippen LogP contribution >= 0.6 is 11.6 Å². The highest BCUT2D eigenvalue weighted by Crippen LogP contribution is 2.19. The van der Waals surface area contributed by atoms with E-state index in [1.54, 1.807) is 12.1 Å². The highest BCUT2D eigenvalue weighted by atomic mass is 35.5. The first-order valence-corrected chi connectivity index (χ1v) is 8.24. The highest BCUT2D eigenvalue weighted by molar-refractivity contribution is 6.31. The zero-order valence-electron chi connectivity index (χ0n) is 13.6. The van der Waals surface area contributed by atoms with Crippen molar-refractivity contribution in [3.8, 4) is 0 Å². The Labute approximate surface area is 137 Å². The van der Waals surface area contributed by atoms with Crippen LogP contribution in [0.3, 0.4) is 0 Å². The molecule has 0 aromatic heterocycles. The third-order valence-electron chi connectivity index (χ3n) is 4.30. The molecular formula is C17H25ClN2O2. The Balaban J connectivity index is 2.05. The van der Waals surface area contributed by atoms with Gasteiger partial charge < -0.3 is 10.0 Å². The van der Waals surface area contributed by atoms with Gasteiger partial charge in [-0.2, -0.15) is 0 Å². The topological polar surface area (TPSA) is 43.8 Å². The molecule has 0 aliphatic carbocycles. The summed E-state index contributed by atoms with van der Waals surface area (Å²) in [6.07, 6.45) is 1.78. The van der Waals surface area contributed by atoms with Crippen LogP contribution in [0.1, 0.15) is 35.7 Å². The second kappa shape index (κ2) is 7.44. The molecule has 0 bridgehead atoms. The molecule has 1 aliphatic rings. The Hall–Kier alpha value is -1.10. The number of benzene rings is 1. The van der Waals surface area contributed by atoms with Gasteiger partial charge in [0.2, 0.25) is 0 Å². The minimum atomic E-state index is -0.206. The van der Waals surface area contributed by atoms with Crippen molar-refractivity contribution in [3.05, 3.63) is 34.3 Å². The molecule has 1 aromatic carbocycles. The summed E-state index contributed by atoms with van der Waals surface area (Å²) in [5, 5.41) is 10.1. The van der Waals surface area contributed by atoms with E-state index in [9.17, 15) is 9.90 Å². The molecule has 22 heavy (non-hydrogen) atoms. The first-order valence-electron chi connectivity index (χ1n) is 7.86. The molecule has 1 heterocycles. The average Bonchev–Trinajstić information content (AvgIpc) is 2.46. The number of carbonyl (C=O) groups excluding carboxylic acids is 1. The lowest BCUT2D eigenvalue weighted by atomic mass is 10.0. The minimum absolute atomic E-state index is 0.0271. The molecule has 122 valence electrons. The summed E-state index contributed by atoms with van der Waals surface area (Å²) in [5.74, 6) is 0.0271. The van der Waals surface area contributed by atoms with Gasteiger partial charge in [0.05, 0.1) is 6.10 Å². The van der Waals surface area contributed by atoms with Gasteiger partial charge in [0.15, 0.2) is 0 Å². The molecule has 5 heteroatoms. The van der Waals surface area contributed by atoms with E-state index in [-0.39, 0.29) is 18.1 Å². The Bertz CT molecular complexity index is 529. The van der Waals surface area contributed by atoms with Gasteiger partial charge >= 0.3 is 0 Å². The summed E-state index contributed by atoms with van der Waals surface area (Å²) < 4.78 is 0. The van der Waals surface area contributed by atoms with Crippen LogP contribution in [0.15, 0.2) is 18.2 Å². The van der Waals surface area contributed by atoms with Crippen LogP contribution in [0.5, 0.6) is 0 Å². The van der Waals surface area contributed by atoms with Gasteiger partial charge in [0, 0.05) is 43.3 Å². The number of rotatable bonds is 6. The SMILES string of the molecule is CCCC(CN1CC(O)C1)N(C)C(=O)c1ccc(Cl)c(C)c1. The number of likely N-dealkylation sites (tertiary alicyclic amines) is 1. The standard InChI is InChI=1S/C17H25ClN2O2/c1-4-5-14(9-20-10-15(21)11-20)19(3)17(22)13-6-7-16(18)12(2)8-13/h6-8,14-15,21H,4-5,9-11H2,1-3H3. The van der Waals surface area contributed by atoms with Gasteiger partial charge in [0.1, 0.15) is 0 Å². The predicted molar refractivity (Wildman–Crippen MR) is 89.4 cm³/mol. The van der Waals surface area contributed by atoms with Gasteiger partial charge in [0.25, 0.3) is 5.91 Å². The maximum absolute atomic E-state index is 12.7. The lowest BCUT2D eigenvalue weighted by molar-refractivity contribution is -0.0113. The highest BCUT2D eigenvalue weighted by Gasteiger charge is 2.29. The molecule has 0 spiro atoms. The second-order valence-corrected chi connectivity index (χ2v) is 6.60. The van der Waals surface area contributed by atoms with Crippen LogP contribution in [0, 0.1) is 6.92 Å². The molecule has 1 N–H and O–H groups in total. The second-order valence-electron chi connectivity index (χ2n) is 6.19. The third kappa shape index (κ3) is 4.00. The smallest absolute Gasteiger partial charge is 0.253 e. The zero-order valence-corrected chi connectivity index (χ0v) is 14.3. The summed E-state index contributed by atoms with van der Waals surface area (Å²) in [6.45, 7) is 6.27. The van der Waals surface area contributed by atoms with E-state index in [2.05, 4.69) is 11.8 Å². The molecule has 1 fully saturated rings. The predicted octanol–water partition coefficient (Wildman–Crippen LogP) is 2.57. The van der Waals surface area contributed by atoms with E-state index < -0.39 is 0 Å². The third-order valence-corrected chi connectivity index (χ3v) is 4.73. The number of nitrogens with zero attached hydrogens (tertiary/aromatic N) is 2. The molecule has 2 rings (SSSR count). The van der Waals surface area contributed by atoms with Crippen molar-refractivity contribution in [1.29, 1.82) is 0 Å². The average molecular weight is 325 g/mol. The maximum atomic E-state index is 12.7. The number of aliphatic hydroxyl groups excluding tert-OH is 1. The monoisotopic (exact) mass is 324 g/mol. The van der Waals surface area contributed by atoms with Crippen LogP contribution in [0.25, 0.3) is 0 Å². The summed E-state index contributed by atoms with van der Waals surface area (Å²) in [4.78, 5) is 16.7. The Kier molecular flexibility index (Phi) is 5.84. The van der Waals surface area contributed by atoms with Gasteiger partial charge in [-0.05, 0) is 37.1 Å². The van der Waals surface area contributed by atoms with Gasteiger partial charge in [-0.25, -0.2) is 0 Å². The zero-order chi connectivity index (χ0) is 16.3. The molecule has 1 amide bonds. The fraction of sp³-hybridized carbons (Fsp3) is 0.588. The Morgan fingerprint density at radius 1 is 1.50 bits per heavy atom. The van der Waals surface area contributed by atoms with E-state index >= 15 is 0 Å². The minimum Gasteiger partial charge on any atom is -0.390 e. The molecule has 1 unspecified atom stereocenters. The maximum Gasteiger partial charge on any atom is 0.253 e.